The van der Waals surface area contributed by atoms with E-state index in [4.69, 9.17) is 9.84 Å². The van der Waals surface area contributed by atoms with E-state index in [-0.39, 0.29) is 11.5 Å². The van der Waals surface area contributed by atoms with E-state index in [0.29, 0.717) is 31.2 Å². The Bertz CT molecular complexity index is 482. The fraction of sp³-hybridized carbons (Fsp3) is 0.571. The van der Waals surface area contributed by atoms with Crippen molar-refractivity contribution in [2.75, 3.05) is 19.8 Å². The third kappa shape index (κ3) is 5.90. The van der Waals surface area contributed by atoms with Crippen molar-refractivity contribution < 1.29 is 18.3 Å². The second kappa shape index (κ2) is 8.24. The van der Waals surface area contributed by atoms with Crippen LogP contribution < -0.4 is 9.46 Å². The van der Waals surface area contributed by atoms with Gasteiger partial charge in [0.05, 0.1) is 11.5 Å². The summed E-state index contributed by atoms with van der Waals surface area (Å²) in [6.45, 7) is 5.02. The lowest BCUT2D eigenvalue weighted by atomic mass is 10.1. The minimum atomic E-state index is -3.44. The largest absolute Gasteiger partial charge is 0.494 e. The number of hydrogen-bond donors (Lipinski definition) is 2. The Labute approximate surface area is 121 Å². The summed E-state index contributed by atoms with van der Waals surface area (Å²) in [5, 5.41) is 8.65. The van der Waals surface area contributed by atoms with E-state index in [2.05, 4.69) is 4.72 Å². The Kier molecular flexibility index (Phi) is 6.98. The van der Waals surface area contributed by atoms with Gasteiger partial charge < -0.3 is 9.84 Å². The van der Waals surface area contributed by atoms with Gasteiger partial charge in [-0.2, -0.15) is 0 Å². The minimum absolute atomic E-state index is 0.0756. The highest BCUT2D eigenvalue weighted by Crippen LogP contribution is 2.16. The predicted octanol–water partition coefficient (Wildman–Crippen LogP) is 1.77. The summed E-state index contributed by atoms with van der Waals surface area (Å²) in [6, 6.07) is 6.28. The zero-order valence-corrected chi connectivity index (χ0v) is 12.8. The first kappa shape index (κ1) is 16.9. The zero-order chi connectivity index (χ0) is 15.0. The minimum Gasteiger partial charge on any atom is -0.494 e. The molecule has 0 heterocycles. The number of aliphatic hydroxyl groups excluding tert-OH is 1. The van der Waals surface area contributed by atoms with Crippen LogP contribution in [0.25, 0.3) is 0 Å². The molecular weight excluding hydrogens is 278 g/mol. The summed E-state index contributed by atoms with van der Waals surface area (Å²) in [6.07, 6.45) is 1.36. The van der Waals surface area contributed by atoms with Crippen LogP contribution in [0.5, 0.6) is 5.75 Å². The molecule has 0 aliphatic rings. The Balaban J connectivity index is 2.57. The van der Waals surface area contributed by atoms with Gasteiger partial charge in [-0.1, -0.05) is 13.8 Å². The number of hydrogen-bond acceptors (Lipinski definition) is 4. The Morgan fingerprint density at radius 3 is 2.45 bits per heavy atom. The van der Waals surface area contributed by atoms with Crippen molar-refractivity contribution in [2.45, 2.75) is 31.6 Å². The number of nitrogens with one attached hydrogen (secondary N) is 1. The maximum atomic E-state index is 12.0. The van der Waals surface area contributed by atoms with Gasteiger partial charge in [0.25, 0.3) is 0 Å². The van der Waals surface area contributed by atoms with Crippen LogP contribution in [0, 0.1) is 5.92 Å². The molecule has 114 valence electrons. The molecule has 0 saturated carbocycles. The summed E-state index contributed by atoms with van der Waals surface area (Å²) in [4.78, 5) is 0.232. The summed E-state index contributed by atoms with van der Waals surface area (Å²) in [7, 11) is -3.44. The van der Waals surface area contributed by atoms with Crippen molar-refractivity contribution >= 4 is 10.0 Å². The molecule has 0 spiro atoms. The van der Waals surface area contributed by atoms with Crippen LogP contribution in [-0.4, -0.2) is 33.3 Å². The van der Waals surface area contributed by atoms with Crippen LogP contribution in [0.4, 0.5) is 0 Å². The normalized spacial score (nSPS) is 11.8. The van der Waals surface area contributed by atoms with Crippen molar-refractivity contribution in [1.29, 1.82) is 0 Å². The quantitative estimate of drug-likeness (QED) is 0.682. The van der Waals surface area contributed by atoms with Crippen molar-refractivity contribution in [1.82, 2.24) is 4.72 Å². The van der Waals surface area contributed by atoms with E-state index in [1.165, 1.54) is 12.1 Å². The van der Waals surface area contributed by atoms with E-state index < -0.39 is 10.0 Å². The molecule has 1 aromatic rings. The highest BCUT2D eigenvalue weighted by molar-refractivity contribution is 7.89. The average Bonchev–Trinajstić information content (AvgIpc) is 2.39. The Hall–Kier alpha value is -1.11. The average molecular weight is 301 g/mol. The zero-order valence-electron chi connectivity index (χ0n) is 12.0. The van der Waals surface area contributed by atoms with Gasteiger partial charge in [-0.05, 0) is 36.6 Å². The van der Waals surface area contributed by atoms with E-state index >= 15 is 0 Å². The molecule has 0 aromatic heterocycles. The second-order valence-electron chi connectivity index (χ2n) is 4.98. The highest BCUT2D eigenvalue weighted by Gasteiger charge is 2.13. The summed E-state index contributed by atoms with van der Waals surface area (Å²) in [5.74, 6) is 1.06. The molecule has 20 heavy (non-hydrogen) atoms. The van der Waals surface area contributed by atoms with Crippen molar-refractivity contribution in [3.8, 4) is 5.75 Å². The topological polar surface area (TPSA) is 75.6 Å². The molecule has 6 heteroatoms. The number of sulfonamides is 1. The lowest BCUT2D eigenvalue weighted by Crippen LogP contribution is -2.25. The van der Waals surface area contributed by atoms with Gasteiger partial charge in [-0.25, -0.2) is 13.1 Å². The second-order valence-corrected chi connectivity index (χ2v) is 6.74. The molecule has 2 N–H and O–H groups in total. The van der Waals surface area contributed by atoms with Gasteiger partial charge >= 0.3 is 0 Å². The lowest BCUT2D eigenvalue weighted by molar-refractivity contribution is 0.233. The molecule has 0 aliphatic heterocycles. The number of rotatable bonds is 9. The van der Waals surface area contributed by atoms with Gasteiger partial charge in [0.2, 0.25) is 10.0 Å². The molecule has 0 bridgehead atoms. The molecule has 0 radical (unpaired) electrons. The molecule has 0 atom stereocenters. The third-order valence-electron chi connectivity index (χ3n) is 2.72. The van der Waals surface area contributed by atoms with Crippen LogP contribution >= 0.6 is 0 Å². The molecular formula is C14H23NO4S. The first-order valence-corrected chi connectivity index (χ1v) is 8.27. The SMILES string of the molecule is CC(C)CCNS(=O)(=O)c1ccc(OCCCO)cc1. The van der Waals surface area contributed by atoms with E-state index in [9.17, 15) is 8.42 Å². The number of benzene rings is 1. The molecule has 0 fully saturated rings. The molecule has 5 nitrogen and oxygen atoms in total. The van der Waals surface area contributed by atoms with Crippen LogP contribution in [0.15, 0.2) is 29.2 Å². The summed E-state index contributed by atoms with van der Waals surface area (Å²) in [5.41, 5.74) is 0. The van der Waals surface area contributed by atoms with Crippen LogP contribution in [0.2, 0.25) is 0 Å². The predicted molar refractivity (Wildman–Crippen MR) is 78.3 cm³/mol. The molecule has 0 amide bonds. The Morgan fingerprint density at radius 2 is 1.90 bits per heavy atom. The number of aliphatic hydroxyl groups is 1. The van der Waals surface area contributed by atoms with Gasteiger partial charge in [-0.3, -0.25) is 0 Å². The van der Waals surface area contributed by atoms with Gasteiger partial charge in [0.15, 0.2) is 0 Å². The van der Waals surface area contributed by atoms with Crippen LogP contribution in [0.3, 0.4) is 0 Å². The molecule has 0 unspecified atom stereocenters. The van der Waals surface area contributed by atoms with E-state index in [0.717, 1.165) is 6.42 Å². The van der Waals surface area contributed by atoms with Gasteiger partial charge in [0.1, 0.15) is 5.75 Å². The van der Waals surface area contributed by atoms with Crippen LogP contribution in [0.1, 0.15) is 26.7 Å². The van der Waals surface area contributed by atoms with Crippen molar-refractivity contribution in [2.24, 2.45) is 5.92 Å². The standard InChI is InChI=1S/C14H23NO4S/c1-12(2)8-9-15-20(17,18)14-6-4-13(5-7-14)19-11-3-10-16/h4-7,12,15-16H,3,8-11H2,1-2H3. The monoisotopic (exact) mass is 301 g/mol. The number of ether oxygens (including phenoxy) is 1. The first-order chi connectivity index (χ1) is 9.45. The van der Waals surface area contributed by atoms with E-state index in [1.54, 1.807) is 12.1 Å². The molecule has 1 aromatic carbocycles. The molecule has 1 rings (SSSR count). The van der Waals surface area contributed by atoms with Crippen molar-refractivity contribution in [3.05, 3.63) is 24.3 Å². The molecule has 0 saturated heterocycles. The smallest absolute Gasteiger partial charge is 0.240 e. The summed E-state index contributed by atoms with van der Waals surface area (Å²) >= 11 is 0. The van der Waals surface area contributed by atoms with E-state index in [1.807, 2.05) is 13.8 Å². The van der Waals surface area contributed by atoms with Crippen LogP contribution in [-0.2, 0) is 10.0 Å². The van der Waals surface area contributed by atoms with Crippen molar-refractivity contribution in [3.63, 3.8) is 0 Å². The fourth-order valence-electron chi connectivity index (χ4n) is 1.53. The van der Waals surface area contributed by atoms with Gasteiger partial charge in [-0.15, -0.1) is 0 Å². The molecule has 0 aliphatic carbocycles. The Morgan fingerprint density at radius 1 is 1.25 bits per heavy atom. The summed E-state index contributed by atoms with van der Waals surface area (Å²) < 4.78 is 31.9. The first-order valence-electron chi connectivity index (χ1n) is 6.79. The highest BCUT2D eigenvalue weighted by atomic mass is 32.2. The lowest BCUT2D eigenvalue weighted by Gasteiger charge is -2.09. The fourth-order valence-corrected chi connectivity index (χ4v) is 2.58. The third-order valence-corrected chi connectivity index (χ3v) is 4.20. The van der Waals surface area contributed by atoms with Gasteiger partial charge in [0, 0.05) is 19.6 Å². The maximum Gasteiger partial charge on any atom is 0.240 e. The maximum absolute atomic E-state index is 12.0.